The number of aliphatic hydroxyl groups is 1. The molecule has 17 heavy (non-hydrogen) atoms. The Balaban J connectivity index is 1.73. The van der Waals surface area contributed by atoms with Crippen LogP contribution < -0.4 is 5.32 Å². The van der Waals surface area contributed by atoms with E-state index in [9.17, 15) is 5.11 Å². The van der Waals surface area contributed by atoms with Crippen LogP contribution in [0.15, 0.2) is 0 Å². The summed E-state index contributed by atoms with van der Waals surface area (Å²) < 4.78 is 0. The van der Waals surface area contributed by atoms with E-state index >= 15 is 0 Å². The first-order valence-electron chi connectivity index (χ1n) is 7.23. The zero-order valence-corrected chi connectivity index (χ0v) is 11.6. The summed E-state index contributed by atoms with van der Waals surface area (Å²) in [5.41, 5.74) is -0.537. The van der Waals surface area contributed by atoms with Crippen LogP contribution in [0.25, 0.3) is 0 Å². The van der Waals surface area contributed by atoms with Crippen LogP contribution in [0, 0.1) is 0 Å². The van der Waals surface area contributed by atoms with Gasteiger partial charge in [-0.15, -0.1) is 0 Å². The maximum Gasteiger partial charge on any atom is 0.0743 e. The Morgan fingerprint density at radius 1 is 1.41 bits per heavy atom. The van der Waals surface area contributed by atoms with Crippen molar-refractivity contribution in [2.24, 2.45) is 0 Å². The second kappa shape index (κ2) is 5.25. The topological polar surface area (TPSA) is 35.5 Å². The van der Waals surface area contributed by atoms with Crippen molar-refractivity contribution in [3.8, 4) is 0 Å². The Labute approximate surface area is 106 Å². The maximum absolute atomic E-state index is 10.2. The fourth-order valence-electron chi connectivity index (χ4n) is 3.11. The molecular formula is C14H28N2O. The van der Waals surface area contributed by atoms with Crippen molar-refractivity contribution in [3.05, 3.63) is 0 Å². The van der Waals surface area contributed by atoms with E-state index in [0.717, 1.165) is 31.5 Å². The molecule has 1 aliphatic heterocycles. The quantitative estimate of drug-likeness (QED) is 0.742. The van der Waals surface area contributed by atoms with Gasteiger partial charge in [-0.2, -0.15) is 0 Å². The first-order chi connectivity index (χ1) is 8.02. The largest absolute Gasteiger partial charge is 0.389 e. The minimum atomic E-state index is -0.537. The lowest BCUT2D eigenvalue weighted by Gasteiger charge is -2.25. The average molecular weight is 240 g/mol. The minimum absolute atomic E-state index is 0.537. The summed E-state index contributed by atoms with van der Waals surface area (Å²) in [6, 6.07) is 2.16. The molecule has 1 saturated heterocycles. The van der Waals surface area contributed by atoms with Gasteiger partial charge in [-0.05, 0) is 39.5 Å². The number of rotatable bonds is 6. The van der Waals surface area contributed by atoms with Gasteiger partial charge in [0.15, 0.2) is 0 Å². The van der Waals surface area contributed by atoms with Crippen LogP contribution in [-0.2, 0) is 0 Å². The van der Waals surface area contributed by atoms with E-state index in [0.29, 0.717) is 6.04 Å². The molecule has 3 heteroatoms. The molecule has 1 heterocycles. The molecule has 0 aromatic rings. The molecule has 2 fully saturated rings. The average Bonchev–Trinajstić information content (AvgIpc) is 3.01. The summed E-state index contributed by atoms with van der Waals surface area (Å²) in [7, 11) is 0. The van der Waals surface area contributed by atoms with Crippen molar-refractivity contribution >= 4 is 0 Å². The van der Waals surface area contributed by atoms with Crippen LogP contribution in [0.2, 0.25) is 0 Å². The maximum atomic E-state index is 10.2. The minimum Gasteiger partial charge on any atom is -0.389 e. The lowest BCUT2D eigenvalue weighted by Crippen LogP contribution is -2.43. The number of likely N-dealkylation sites (tertiary alicyclic amines) is 1. The zero-order chi connectivity index (χ0) is 12.5. The molecule has 1 saturated carbocycles. The first kappa shape index (κ1) is 13.3. The van der Waals surface area contributed by atoms with Crippen LogP contribution in [0.3, 0.4) is 0 Å². The number of nitrogens with zero attached hydrogens (tertiary/aromatic N) is 1. The van der Waals surface area contributed by atoms with Gasteiger partial charge in [-0.25, -0.2) is 0 Å². The Hall–Kier alpha value is -0.120. The second-order valence-electron chi connectivity index (χ2n) is 6.34. The van der Waals surface area contributed by atoms with Crippen molar-refractivity contribution in [1.82, 2.24) is 10.2 Å². The van der Waals surface area contributed by atoms with Gasteiger partial charge in [0.1, 0.15) is 0 Å². The molecule has 2 aliphatic rings. The Kier molecular flexibility index (Phi) is 4.11. The van der Waals surface area contributed by atoms with Gasteiger partial charge in [0.25, 0.3) is 0 Å². The molecule has 0 radical (unpaired) electrons. The van der Waals surface area contributed by atoms with Crippen molar-refractivity contribution in [3.63, 3.8) is 0 Å². The predicted molar refractivity (Wildman–Crippen MR) is 71.1 cm³/mol. The standard InChI is InChI=1S/C14H28N2O/c1-4-7-14(3,17)10-15-12-8-11(2)16(9-12)13-5-6-13/h11-13,15,17H,4-10H2,1-3H3. The van der Waals surface area contributed by atoms with Gasteiger partial charge in [-0.1, -0.05) is 13.3 Å². The third-order valence-electron chi connectivity index (χ3n) is 4.20. The molecule has 0 amide bonds. The first-order valence-corrected chi connectivity index (χ1v) is 7.23. The molecule has 2 N–H and O–H groups in total. The smallest absolute Gasteiger partial charge is 0.0743 e. The van der Waals surface area contributed by atoms with Crippen LogP contribution in [0.1, 0.15) is 52.9 Å². The van der Waals surface area contributed by atoms with Gasteiger partial charge in [0.05, 0.1) is 5.60 Å². The third kappa shape index (κ3) is 3.67. The van der Waals surface area contributed by atoms with E-state index in [2.05, 4.69) is 24.1 Å². The molecule has 0 aromatic carbocycles. The summed E-state index contributed by atoms with van der Waals surface area (Å²) >= 11 is 0. The van der Waals surface area contributed by atoms with E-state index in [1.165, 1.54) is 25.8 Å². The van der Waals surface area contributed by atoms with E-state index in [4.69, 9.17) is 0 Å². The highest BCUT2D eigenvalue weighted by Gasteiger charge is 2.38. The number of nitrogens with one attached hydrogen (secondary N) is 1. The summed E-state index contributed by atoms with van der Waals surface area (Å²) in [6.45, 7) is 8.32. The van der Waals surface area contributed by atoms with Gasteiger partial charge >= 0.3 is 0 Å². The molecule has 2 rings (SSSR count). The highest BCUT2D eigenvalue weighted by atomic mass is 16.3. The zero-order valence-electron chi connectivity index (χ0n) is 11.6. The van der Waals surface area contributed by atoms with Gasteiger partial charge in [0.2, 0.25) is 0 Å². The van der Waals surface area contributed by atoms with Crippen LogP contribution in [0.4, 0.5) is 0 Å². The van der Waals surface area contributed by atoms with E-state index in [-0.39, 0.29) is 0 Å². The molecule has 3 nitrogen and oxygen atoms in total. The molecule has 3 unspecified atom stereocenters. The van der Waals surface area contributed by atoms with Gasteiger partial charge in [-0.3, -0.25) is 4.90 Å². The van der Waals surface area contributed by atoms with Gasteiger partial charge < -0.3 is 10.4 Å². The Bertz CT molecular complexity index is 251. The monoisotopic (exact) mass is 240 g/mol. The fraction of sp³-hybridized carbons (Fsp3) is 1.00. The SMILES string of the molecule is CCCC(C)(O)CNC1CC(C)N(C2CC2)C1. The summed E-state index contributed by atoms with van der Waals surface area (Å²) in [6.07, 6.45) is 5.95. The molecule has 0 bridgehead atoms. The van der Waals surface area contributed by atoms with Crippen LogP contribution in [-0.4, -0.2) is 46.8 Å². The van der Waals surface area contributed by atoms with E-state index in [1.54, 1.807) is 0 Å². The summed E-state index contributed by atoms with van der Waals surface area (Å²) in [4.78, 5) is 2.65. The highest BCUT2D eigenvalue weighted by Crippen LogP contribution is 2.33. The van der Waals surface area contributed by atoms with Crippen molar-refractivity contribution in [2.45, 2.75) is 76.6 Å². The normalized spacial score (nSPS) is 33.9. The molecule has 0 aromatic heterocycles. The summed E-state index contributed by atoms with van der Waals surface area (Å²) in [5, 5.41) is 13.7. The molecule has 3 atom stereocenters. The van der Waals surface area contributed by atoms with Crippen LogP contribution >= 0.6 is 0 Å². The van der Waals surface area contributed by atoms with Crippen molar-refractivity contribution in [1.29, 1.82) is 0 Å². The highest BCUT2D eigenvalue weighted by molar-refractivity contribution is 4.96. The molecule has 100 valence electrons. The van der Waals surface area contributed by atoms with Crippen LogP contribution in [0.5, 0.6) is 0 Å². The second-order valence-corrected chi connectivity index (χ2v) is 6.34. The molecule has 0 spiro atoms. The lowest BCUT2D eigenvalue weighted by atomic mass is 10.0. The molecular weight excluding hydrogens is 212 g/mol. The van der Waals surface area contributed by atoms with E-state index < -0.39 is 5.60 Å². The van der Waals surface area contributed by atoms with E-state index in [1.807, 2.05) is 6.92 Å². The Morgan fingerprint density at radius 2 is 2.12 bits per heavy atom. The Morgan fingerprint density at radius 3 is 2.71 bits per heavy atom. The predicted octanol–water partition coefficient (Wildman–Crippen LogP) is 1.75. The number of hydrogen-bond donors (Lipinski definition) is 2. The van der Waals surface area contributed by atoms with Gasteiger partial charge in [0, 0.05) is 31.2 Å². The van der Waals surface area contributed by atoms with Crippen molar-refractivity contribution < 1.29 is 5.11 Å². The van der Waals surface area contributed by atoms with Crippen molar-refractivity contribution in [2.75, 3.05) is 13.1 Å². The number of hydrogen-bond acceptors (Lipinski definition) is 3. The summed E-state index contributed by atoms with van der Waals surface area (Å²) in [5.74, 6) is 0. The molecule has 1 aliphatic carbocycles. The lowest BCUT2D eigenvalue weighted by molar-refractivity contribution is 0.0474. The third-order valence-corrected chi connectivity index (χ3v) is 4.20. The fourth-order valence-corrected chi connectivity index (χ4v) is 3.11.